The van der Waals surface area contributed by atoms with Crippen LogP contribution in [0, 0.1) is 13.8 Å². The van der Waals surface area contributed by atoms with E-state index in [1.54, 1.807) is 19.2 Å². The Morgan fingerprint density at radius 1 is 1.08 bits per heavy atom. The second-order valence-corrected chi connectivity index (χ2v) is 11.1. The van der Waals surface area contributed by atoms with Gasteiger partial charge in [-0.3, -0.25) is 9.48 Å². The molecule has 0 amide bonds. The number of rotatable bonds is 5. The van der Waals surface area contributed by atoms with Crippen molar-refractivity contribution in [2.24, 2.45) is 7.05 Å². The summed E-state index contributed by atoms with van der Waals surface area (Å²) in [6, 6.07) is 16.8. The van der Waals surface area contributed by atoms with Crippen LogP contribution in [-0.2, 0) is 11.8 Å². The van der Waals surface area contributed by atoms with Gasteiger partial charge in [0.1, 0.15) is 16.9 Å². The number of anilines is 1. The molecule has 3 aromatic carbocycles. The summed E-state index contributed by atoms with van der Waals surface area (Å²) < 4.78 is 14.0. The van der Waals surface area contributed by atoms with Crippen LogP contribution in [0.4, 0.5) is 5.69 Å². The van der Waals surface area contributed by atoms with Crippen LogP contribution in [0.3, 0.4) is 0 Å². The number of benzene rings is 3. The lowest BCUT2D eigenvalue weighted by atomic mass is 9.98. The van der Waals surface area contributed by atoms with Crippen molar-refractivity contribution in [3.8, 4) is 11.3 Å². The van der Waals surface area contributed by atoms with E-state index in [-0.39, 0.29) is 11.5 Å². The Balaban J connectivity index is 1.61. The molecule has 0 spiro atoms. The summed E-state index contributed by atoms with van der Waals surface area (Å²) in [7, 11) is 1.90. The molecule has 0 saturated carbocycles. The number of nitrogens with zero attached hydrogens (tertiary/aromatic N) is 2. The van der Waals surface area contributed by atoms with Crippen molar-refractivity contribution in [3.05, 3.63) is 93.3 Å². The molecule has 1 N–H and O–H groups in total. The highest BCUT2D eigenvalue weighted by atomic mass is 16.6. The lowest BCUT2D eigenvalue weighted by molar-refractivity contribution is 0.00706. The summed E-state index contributed by atoms with van der Waals surface area (Å²) in [5, 5.41) is 9.29. The zero-order chi connectivity index (χ0) is 28.1. The predicted molar refractivity (Wildman–Crippen MR) is 155 cm³/mol. The van der Waals surface area contributed by atoms with Crippen LogP contribution in [0.2, 0.25) is 0 Å². The topological polar surface area (TPSA) is 86.4 Å². The van der Waals surface area contributed by atoms with Crippen LogP contribution < -0.4 is 10.7 Å². The SMILES string of the molecule is Cc1cc(C(C)Nc2ccccc2C(=O)OC(C)(C)C)c2oc(-c3ccc4c(cnn4C)c3)c(C)c(=O)c2c1. The van der Waals surface area contributed by atoms with Gasteiger partial charge in [0.25, 0.3) is 0 Å². The van der Waals surface area contributed by atoms with Gasteiger partial charge in [-0.05, 0) is 83.5 Å². The Labute approximate surface area is 227 Å². The number of carbonyl (C=O) groups excluding carboxylic acids is 1. The first kappa shape index (κ1) is 26.2. The molecule has 0 radical (unpaired) electrons. The molecule has 0 aliphatic rings. The third kappa shape index (κ3) is 5.04. The molecule has 0 saturated heterocycles. The number of nitrogens with one attached hydrogen (secondary N) is 1. The fourth-order valence-electron chi connectivity index (χ4n) is 4.90. The van der Waals surface area contributed by atoms with Gasteiger partial charge in [-0.15, -0.1) is 0 Å². The van der Waals surface area contributed by atoms with Gasteiger partial charge >= 0.3 is 5.97 Å². The third-order valence-electron chi connectivity index (χ3n) is 6.78. The number of hydrogen-bond donors (Lipinski definition) is 1. The molecular weight excluding hydrogens is 490 g/mol. The van der Waals surface area contributed by atoms with Crippen molar-refractivity contribution in [3.63, 3.8) is 0 Å². The smallest absolute Gasteiger partial charge is 0.340 e. The minimum Gasteiger partial charge on any atom is -0.456 e. The minimum atomic E-state index is -0.612. The summed E-state index contributed by atoms with van der Waals surface area (Å²) >= 11 is 0. The molecule has 0 bridgehead atoms. The lowest BCUT2D eigenvalue weighted by Crippen LogP contribution is -2.24. The van der Waals surface area contributed by atoms with Crippen molar-refractivity contribution in [2.75, 3.05) is 5.32 Å². The fourth-order valence-corrected chi connectivity index (χ4v) is 4.90. The van der Waals surface area contributed by atoms with Gasteiger partial charge in [-0.1, -0.05) is 18.2 Å². The molecule has 2 aromatic heterocycles. The Kier molecular flexibility index (Phi) is 6.54. The summed E-state index contributed by atoms with van der Waals surface area (Å²) in [6.45, 7) is 11.3. The minimum absolute atomic E-state index is 0.0659. The standard InChI is InChI=1S/C32H33N3O4/c1-18-14-24(20(3)34-26-11-9-8-10-23(26)31(37)39-32(4,5)6)30-25(15-18)28(36)19(2)29(38-30)21-12-13-27-22(16-21)17-33-35(27)7/h8-17,20,34H,1-7H3. The molecule has 1 atom stereocenters. The summed E-state index contributed by atoms with van der Waals surface area (Å²) in [6.07, 6.45) is 1.80. The highest BCUT2D eigenvalue weighted by Crippen LogP contribution is 2.34. The van der Waals surface area contributed by atoms with Crippen LogP contribution in [0.15, 0.2) is 70.0 Å². The highest BCUT2D eigenvalue weighted by molar-refractivity contribution is 5.96. The molecule has 7 heteroatoms. The number of aromatic nitrogens is 2. The molecule has 5 aromatic rings. The molecule has 2 heterocycles. The van der Waals surface area contributed by atoms with Crippen molar-refractivity contribution >= 4 is 33.5 Å². The van der Waals surface area contributed by atoms with Crippen LogP contribution in [0.25, 0.3) is 33.2 Å². The Morgan fingerprint density at radius 3 is 2.56 bits per heavy atom. The normalized spacial score (nSPS) is 12.6. The number of esters is 1. The zero-order valence-electron chi connectivity index (χ0n) is 23.4. The molecule has 200 valence electrons. The Bertz CT molecular complexity index is 1790. The van der Waals surface area contributed by atoms with E-state index in [0.29, 0.717) is 33.5 Å². The van der Waals surface area contributed by atoms with Crippen molar-refractivity contribution < 1.29 is 13.9 Å². The van der Waals surface area contributed by atoms with Crippen LogP contribution >= 0.6 is 0 Å². The highest BCUT2D eigenvalue weighted by Gasteiger charge is 2.23. The van der Waals surface area contributed by atoms with Gasteiger partial charge in [0.2, 0.25) is 0 Å². The molecule has 7 nitrogen and oxygen atoms in total. The Hall–Kier alpha value is -4.39. The number of para-hydroxylation sites is 1. The monoisotopic (exact) mass is 523 g/mol. The molecule has 5 rings (SSSR count). The molecule has 0 fully saturated rings. The van der Waals surface area contributed by atoms with E-state index in [0.717, 1.165) is 27.6 Å². The van der Waals surface area contributed by atoms with E-state index in [2.05, 4.69) is 10.4 Å². The number of ether oxygens (including phenoxy) is 1. The molecule has 0 aliphatic carbocycles. The quantitative estimate of drug-likeness (QED) is 0.248. The summed E-state index contributed by atoms with van der Waals surface area (Å²) in [4.78, 5) is 26.5. The van der Waals surface area contributed by atoms with Gasteiger partial charge < -0.3 is 14.5 Å². The second-order valence-electron chi connectivity index (χ2n) is 11.1. The molecule has 1 unspecified atom stereocenters. The molecule has 39 heavy (non-hydrogen) atoms. The Morgan fingerprint density at radius 2 is 1.82 bits per heavy atom. The van der Waals surface area contributed by atoms with Gasteiger partial charge in [0, 0.05) is 34.8 Å². The van der Waals surface area contributed by atoms with E-state index in [1.807, 2.05) is 94.9 Å². The van der Waals surface area contributed by atoms with E-state index >= 15 is 0 Å². The van der Waals surface area contributed by atoms with Gasteiger partial charge in [-0.2, -0.15) is 5.10 Å². The van der Waals surface area contributed by atoms with Gasteiger partial charge in [0.05, 0.1) is 28.7 Å². The van der Waals surface area contributed by atoms with E-state index in [4.69, 9.17) is 9.15 Å². The summed E-state index contributed by atoms with van der Waals surface area (Å²) in [5.74, 6) is 0.131. The largest absolute Gasteiger partial charge is 0.456 e. The van der Waals surface area contributed by atoms with Crippen LogP contribution in [-0.4, -0.2) is 21.4 Å². The maximum absolute atomic E-state index is 13.6. The van der Waals surface area contributed by atoms with Crippen molar-refractivity contribution in [2.45, 2.75) is 53.2 Å². The van der Waals surface area contributed by atoms with Crippen molar-refractivity contribution in [1.82, 2.24) is 9.78 Å². The second kappa shape index (κ2) is 9.73. The predicted octanol–water partition coefficient (Wildman–Crippen LogP) is 7.09. The summed E-state index contributed by atoms with van der Waals surface area (Å²) in [5.41, 5.74) is 5.07. The van der Waals surface area contributed by atoms with Gasteiger partial charge in [-0.25, -0.2) is 4.79 Å². The number of aryl methyl sites for hydroxylation is 2. The zero-order valence-corrected chi connectivity index (χ0v) is 23.4. The third-order valence-corrected chi connectivity index (χ3v) is 6.78. The van der Waals surface area contributed by atoms with E-state index in [1.165, 1.54) is 0 Å². The average molecular weight is 524 g/mol. The average Bonchev–Trinajstić information content (AvgIpc) is 3.25. The lowest BCUT2D eigenvalue weighted by Gasteiger charge is -2.23. The van der Waals surface area contributed by atoms with E-state index in [9.17, 15) is 9.59 Å². The van der Waals surface area contributed by atoms with Gasteiger partial charge in [0.15, 0.2) is 5.43 Å². The first-order valence-electron chi connectivity index (χ1n) is 13.0. The maximum atomic E-state index is 13.6. The maximum Gasteiger partial charge on any atom is 0.340 e. The fraction of sp³-hybridized carbons (Fsp3) is 0.281. The van der Waals surface area contributed by atoms with E-state index < -0.39 is 11.6 Å². The molecule has 0 aliphatic heterocycles. The molecular formula is C32H33N3O4. The number of fused-ring (bicyclic) bond motifs is 2. The van der Waals surface area contributed by atoms with Crippen LogP contribution in [0.5, 0.6) is 0 Å². The number of carbonyl (C=O) groups is 1. The first-order chi connectivity index (χ1) is 18.4. The number of hydrogen-bond acceptors (Lipinski definition) is 6. The first-order valence-corrected chi connectivity index (χ1v) is 13.0. The van der Waals surface area contributed by atoms with Crippen molar-refractivity contribution in [1.29, 1.82) is 0 Å². The van der Waals surface area contributed by atoms with Crippen LogP contribution in [0.1, 0.15) is 60.8 Å².